The van der Waals surface area contributed by atoms with Crippen molar-refractivity contribution in [3.63, 3.8) is 0 Å². The second-order valence-corrected chi connectivity index (χ2v) is 4.86. The van der Waals surface area contributed by atoms with E-state index in [0.717, 1.165) is 5.56 Å². The minimum atomic E-state index is -0.340. The quantitative estimate of drug-likeness (QED) is 0.904. The first-order chi connectivity index (χ1) is 9.10. The smallest absolute Gasteiger partial charge is 0.127 e. The van der Waals surface area contributed by atoms with E-state index < -0.39 is 0 Å². The van der Waals surface area contributed by atoms with E-state index in [4.69, 9.17) is 17.3 Å². The molecule has 1 atom stereocenters. The average Bonchev–Trinajstić information content (AvgIpc) is 2.39. The Kier molecular flexibility index (Phi) is 4.51. The maximum Gasteiger partial charge on any atom is 0.127 e. The standard InChI is InChI=1S/C15H14ClF2N/c16-13-4-1-11(15(18)8-13)7-12(9-19)10-2-5-14(17)6-3-10/h1-6,8,12H,7,9,19H2. The van der Waals surface area contributed by atoms with Gasteiger partial charge in [0, 0.05) is 10.9 Å². The molecule has 2 rings (SSSR count). The van der Waals surface area contributed by atoms with E-state index in [1.807, 2.05) is 0 Å². The number of rotatable bonds is 4. The molecule has 0 heterocycles. The molecule has 19 heavy (non-hydrogen) atoms. The Labute approximate surface area is 116 Å². The Morgan fingerprint density at radius 3 is 2.32 bits per heavy atom. The average molecular weight is 282 g/mol. The van der Waals surface area contributed by atoms with Gasteiger partial charge in [-0.3, -0.25) is 0 Å². The summed E-state index contributed by atoms with van der Waals surface area (Å²) in [5.74, 6) is -0.679. The van der Waals surface area contributed by atoms with E-state index in [1.54, 1.807) is 24.3 Å². The van der Waals surface area contributed by atoms with Gasteiger partial charge in [0.1, 0.15) is 11.6 Å². The van der Waals surface area contributed by atoms with Gasteiger partial charge in [-0.2, -0.15) is 0 Å². The van der Waals surface area contributed by atoms with Crippen molar-refractivity contribution in [1.82, 2.24) is 0 Å². The van der Waals surface area contributed by atoms with E-state index in [1.165, 1.54) is 18.2 Å². The molecule has 0 aliphatic heterocycles. The first-order valence-corrected chi connectivity index (χ1v) is 6.37. The zero-order chi connectivity index (χ0) is 13.8. The highest BCUT2D eigenvalue weighted by molar-refractivity contribution is 6.30. The van der Waals surface area contributed by atoms with Crippen molar-refractivity contribution < 1.29 is 8.78 Å². The van der Waals surface area contributed by atoms with Crippen LogP contribution in [0.3, 0.4) is 0 Å². The fraction of sp³-hybridized carbons (Fsp3) is 0.200. The Hall–Kier alpha value is -1.45. The van der Waals surface area contributed by atoms with Gasteiger partial charge >= 0.3 is 0 Å². The summed E-state index contributed by atoms with van der Waals surface area (Å²) in [7, 11) is 0. The van der Waals surface area contributed by atoms with E-state index in [9.17, 15) is 8.78 Å². The number of halogens is 3. The van der Waals surface area contributed by atoms with Crippen LogP contribution in [0.5, 0.6) is 0 Å². The maximum absolute atomic E-state index is 13.7. The Morgan fingerprint density at radius 1 is 1.05 bits per heavy atom. The molecule has 0 aliphatic carbocycles. The SMILES string of the molecule is NCC(Cc1ccc(Cl)cc1F)c1ccc(F)cc1. The third-order valence-electron chi connectivity index (χ3n) is 3.11. The van der Waals surface area contributed by atoms with Crippen LogP contribution < -0.4 is 5.73 Å². The molecular formula is C15H14ClF2N. The normalized spacial score (nSPS) is 12.4. The number of nitrogens with two attached hydrogens (primary N) is 1. The number of benzene rings is 2. The molecule has 0 aromatic heterocycles. The molecule has 4 heteroatoms. The minimum absolute atomic E-state index is 0.0451. The molecular weight excluding hydrogens is 268 g/mol. The number of hydrogen-bond donors (Lipinski definition) is 1. The molecule has 0 amide bonds. The summed E-state index contributed by atoms with van der Waals surface area (Å²) in [6.07, 6.45) is 0.463. The molecule has 2 N–H and O–H groups in total. The van der Waals surface area contributed by atoms with Crippen LogP contribution in [0.2, 0.25) is 5.02 Å². The second-order valence-electron chi connectivity index (χ2n) is 4.42. The van der Waals surface area contributed by atoms with Crippen LogP contribution in [-0.4, -0.2) is 6.54 Å². The minimum Gasteiger partial charge on any atom is -0.330 e. The van der Waals surface area contributed by atoms with Gasteiger partial charge in [0.2, 0.25) is 0 Å². The molecule has 0 aliphatic rings. The van der Waals surface area contributed by atoms with Crippen LogP contribution in [0.25, 0.3) is 0 Å². The summed E-state index contributed by atoms with van der Waals surface area (Å²) in [4.78, 5) is 0. The lowest BCUT2D eigenvalue weighted by Crippen LogP contribution is -2.15. The lowest BCUT2D eigenvalue weighted by atomic mass is 9.92. The third-order valence-corrected chi connectivity index (χ3v) is 3.34. The van der Waals surface area contributed by atoms with Gasteiger partial charge in [-0.1, -0.05) is 29.8 Å². The van der Waals surface area contributed by atoms with Crippen molar-refractivity contribution >= 4 is 11.6 Å². The zero-order valence-corrected chi connectivity index (χ0v) is 11.0. The Balaban J connectivity index is 2.21. The molecule has 2 aromatic rings. The second kappa shape index (κ2) is 6.13. The van der Waals surface area contributed by atoms with Gasteiger partial charge in [-0.05, 0) is 48.4 Å². The molecule has 1 nitrogen and oxygen atoms in total. The van der Waals surface area contributed by atoms with Gasteiger partial charge < -0.3 is 5.73 Å². The monoisotopic (exact) mass is 281 g/mol. The highest BCUT2D eigenvalue weighted by Gasteiger charge is 2.13. The zero-order valence-electron chi connectivity index (χ0n) is 10.2. The fourth-order valence-electron chi connectivity index (χ4n) is 2.02. The molecule has 0 fully saturated rings. The van der Waals surface area contributed by atoms with Crippen LogP contribution in [0.1, 0.15) is 17.0 Å². The molecule has 0 saturated carbocycles. The molecule has 0 radical (unpaired) electrons. The van der Waals surface area contributed by atoms with Gasteiger partial charge in [0.05, 0.1) is 0 Å². The van der Waals surface area contributed by atoms with Crippen molar-refractivity contribution in [3.8, 4) is 0 Å². The van der Waals surface area contributed by atoms with Crippen molar-refractivity contribution in [2.24, 2.45) is 5.73 Å². The van der Waals surface area contributed by atoms with E-state index >= 15 is 0 Å². The Morgan fingerprint density at radius 2 is 1.74 bits per heavy atom. The summed E-state index contributed by atoms with van der Waals surface area (Å²) >= 11 is 5.72. The van der Waals surface area contributed by atoms with E-state index in [2.05, 4.69) is 0 Å². The molecule has 1 unspecified atom stereocenters. The predicted molar refractivity (Wildman–Crippen MR) is 73.3 cm³/mol. The van der Waals surface area contributed by atoms with Crippen molar-refractivity contribution in [2.45, 2.75) is 12.3 Å². The van der Waals surface area contributed by atoms with Crippen molar-refractivity contribution in [3.05, 3.63) is 70.2 Å². The van der Waals surface area contributed by atoms with Crippen LogP contribution in [0.4, 0.5) is 8.78 Å². The summed E-state index contributed by atoms with van der Waals surface area (Å²) in [6, 6.07) is 10.7. The highest BCUT2D eigenvalue weighted by atomic mass is 35.5. The molecule has 0 saturated heterocycles. The van der Waals surface area contributed by atoms with Crippen LogP contribution in [0.15, 0.2) is 42.5 Å². The molecule has 100 valence electrons. The molecule has 0 spiro atoms. The first kappa shape index (κ1) is 14.0. The van der Waals surface area contributed by atoms with Gasteiger partial charge in [-0.15, -0.1) is 0 Å². The lowest BCUT2D eigenvalue weighted by Gasteiger charge is -2.16. The van der Waals surface area contributed by atoms with Crippen molar-refractivity contribution in [2.75, 3.05) is 6.54 Å². The Bertz CT molecular complexity index is 555. The summed E-state index contributed by atoms with van der Waals surface area (Å²) in [5.41, 5.74) is 7.19. The first-order valence-electron chi connectivity index (χ1n) is 5.99. The largest absolute Gasteiger partial charge is 0.330 e. The fourth-order valence-corrected chi connectivity index (χ4v) is 2.18. The summed E-state index contributed by atoms with van der Waals surface area (Å²) in [5, 5.41) is 0.368. The summed E-state index contributed by atoms with van der Waals surface area (Å²) < 4.78 is 26.6. The van der Waals surface area contributed by atoms with Crippen LogP contribution >= 0.6 is 11.6 Å². The molecule has 0 bridgehead atoms. The predicted octanol–water partition coefficient (Wildman–Crippen LogP) is 3.90. The van der Waals surface area contributed by atoms with Crippen LogP contribution in [0, 0.1) is 11.6 Å². The van der Waals surface area contributed by atoms with Gasteiger partial charge in [-0.25, -0.2) is 8.78 Å². The molecule has 2 aromatic carbocycles. The topological polar surface area (TPSA) is 26.0 Å². The van der Waals surface area contributed by atoms with Crippen LogP contribution in [-0.2, 0) is 6.42 Å². The van der Waals surface area contributed by atoms with Crippen molar-refractivity contribution in [1.29, 1.82) is 0 Å². The van der Waals surface area contributed by atoms with E-state index in [0.29, 0.717) is 23.6 Å². The third kappa shape index (κ3) is 3.52. The maximum atomic E-state index is 13.7. The van der Waals surface area contributed by atoms with E-state index in [-0.39, 0.29) is 17.6 Å². The summed E-state index contributed by atoms with van der Waals surface area (Å²) in [6.45, 7) is 0.369. The lowest BCUT2D eigenvalue weighted by molar-refractivity contribution is 0.589. The highest BCUT2D eigenvalue weighted by Crippen LogP contribution is 2.23. The van der Waals surface area contributed by atoms with Gasteiger partial charge in [0.15, 0.2) is 0 Å². The number of hydrogen-bond acceptors (Lipinski definition) is 1. The van der Waals surface area contributed by atoms with Gasteiger partial charge in [0.25, 0.3) is 0 Å².